The first-order chi connectivity index (χ1) is 11.0. The summed E-state index contributed by atoms with van der Waals surface area (Å²) in [6.07, 6.45) is 0.716. The smallest absolute Gasteiger partial charge is 0.223 e. The Labute approximate surface area is 135 Å². The summed E-state index contributed by atoms with van der Waals surface area (Å²) in [4.78, 5) is 15.6. The lowest BCUT2D eigenvalue weighted by Crippen LogP contribution is -2.33. The highest BCUT2D eigenvalue weighted by Gasteiger charge is 2.32. The molecule has 0 aliphatic carbocycles. The van der Waals surface area contributed by atoms with E-state index in [0.717, 1.165) is 5.56 Å². The Morgan fingerprint density at radius 3 is 3.04 bits per heavy atom. The molecule has 6 heteroatoms. The molecule has 1 heterocycles. The van der Waals surface area contributed by atoms with E-state index in [1.165, 1.54) is 12.1 Å². The van der Waals surface area contributed by atoms with Crippen molar-refractivity contribution in [1.82, 2.24) is 9.80 Å². The first-order valence-corrected chi connectivity index (χ1v) is 7.79. The van der Waals surface area contributed by atoms with Gasteiger partial charge in [-0.2, -0.15) is 5.26 Å². The molecule has 124 valence electrons. The predicted molar refractivity (Wildman–Crippen MR) is 83.8 cm³/mol. The monoisotopic (exact) mass is 319 g/mol. The number of amides is 1. The summed E-state index contributed by atoms with van der Waals surface area (Å²) in [5.74, 6) is -0.323. The second-order valence-corrected chi connectivity index (χ2v) is 5.93. The molecule has 2 atom stereocenters. The van der Waals surface area contributed by atoms with Crippen LogP contribution in [0.5, 0.6) is 0 Å². The van der Waals surface area contributed by atoms with Crippen LogP contribution in [0.2, 0.25) is 0 Å². The topological polar surface area (TPSA) is 67.6 Å². The average molecular weight is 319 g/mol. The van der Waals surface area contributed by atoms with Gasteiger partial charge in [0.05, 0.1) is 18.6 Å². The van der Waals surface area contributed by atoms with Crippen LogP contribution in [0.4, 0.5) is 4.39 Å². The number of nitrogens with zero attached hydrogens (tertiary/aromatic N) is 3. The number of hydrogen-bond donors (Lipinski definition) is 1. The molecule has 0 saturated carbocycles. The van der Waals surface area contributed by atoms with Crippen molar-refractivity contribution in [3.63, 3.8) is 0 Å². The Hall–Kier alpha value is -1.97. The summed E-state index contributed by atoms with van der Waals surface area (Å²) in [6.45, 7) is 1.41. The second-order valence-electron chi connectivity index (χ2n) is 5.93. The molecule has 23 heavy (non-hydrogen) atoms. The molecule has 0 unspecified atom stereocenters. The SMILES string of the molecule is CN(CCC#N)C(=O)CCN1C[C@H](O)C[C@H]1c1cccc(F)c1. The van der Waals surface area contributed by atoms with Gasteiger partial charge in [0, 0.05) is 39.1 Å². The Kier molecular flexibility index (Phi) is 6.08. The third-order valence-corrected chi connectivity index (χ3v) is 4.21. The number of β-amino-alcohol motifs (C(OH)–C–C–N with tert-alkyl or cyclic N) is 1. The van der Waals surface area contributed by atoms with E-state index >= 15 is 0 Å². The number of benzene rings is 1. The summed E-state index contributed by atoms with van der Waals surface area (Å²) in [5.41, 5.74) is 0.826. The van der Waals surface area contributed by atoms with Crippen LogP contribution in [0.1, 0.15) is 30.9 Å². The summed E-state index contributed by atoms with van der Waals surface area (Å²) in [6, 6.07) is 8.33. The summed E-state index contributed by atoms with van der Waals surface area (Å²) in [7, 11) is 1.68. The molecule has 0 spiro atoms. The maximum Gasteiger partial charge on any atom is 0.223 e. The van der Waals surface area contributed by atoms with Crippen LogP contribution in [0.3, 0.4) is 0 Å². The Morgan fingerprint density at radius 2 is 2.35 bits per heavy atom. The number of nitriles is 1. The zero-order valence-electron chi connectivity index (χ0n) is 13.3. The number of carbonyl (C=O) groups is 1. The normalized spacial score (nSPS) is 21.1. The van der Waals surface area contributed by atoms with Gasteiger partial charge in [-0.3, -0.25) is 9.69 Å². The number of likely N-dealkylation sites (tertiary alicyclic amines) is 1. The van der Waals surface area contributed by atoms with E-state index in [9.17, 15) is 14.3 Å². The summed E-state index contributed by atoms with van der Waals surface area (Å²) >= 11 is 0. The molecule has 2 rings (SSSR count). The van der Waals surface area contributed by atoms with Crippen LogP contribution < -0.4 is 0 Å². The van der Waals surface area contributed by atoms with Crippen LogP contribution in [-0.4, -0.2) is 53.6 Å². The van der Waals surface area contributed by atoms with Crippen molar-refractivity contribution in [2.24, 2.45) is 0 Å². The predicted octanol–water partition coefficient (Wildman–Crippen LogP) is 1.70. The van der Waals surface area contributed by atoms with Crippen LogP contribution in [0, 0.1) is 17.1 Å². The van der Waals surface area contributed by atoms with Gasteiger partial charge in [-0.25, -0.2) is 4.39 Å². The number of aliphatic hydroxyl groups is 1. The minimum atomic E-state index is -0.463. The second kappa shape index (κ2) is 8.04. The van der Waals surface area contributed by atoms with E-state index in [-0.39, 0.29) is 17.8 Å². The Morgan fingerprint density at radius 1 is 1.57 bits per heavy atom. The molecule has 0 aromatic heterocycles. The number of hydrogen-bond acceptors (Lipinski definition) is 4. The quantitative estimate of drug-likeness (QED) is 0.866. The first-order valence-electron chi connectivity index (χ1n) is 7.79. The van der Waals surface area contributed by atoms with Crippen molar-refractivity contribution in [2.45, 2.75) is 31.4 Å². The van der Waals surface area contributed by atoms with E-state index < -0.39 is 6.10 Å². The third-order valence-electron chi connectivity index (χ3n) is 4.21. The van der Waals surface area contributed by atoms with E-state index in [1.807, 2.05) is 17.0 Å². The maximum atomic E-state index is 13.4. The van der Waals surface area contributed by atoms with Crippen molar-refractivity contribution in [3.05, 3.63) is 35.6 Å². The first kappa shape index (κ1) is 17.4. The number of carbonyl (C=O) groups excluding carboxylic acids is 1. The van der Waals surface area contributed by atoms with Crippen molar-refractivity contribution < 1.29 is 14.3 Å². The maximum absolute atomic E-state index is 13.4. The van der Waals surface area contributed by atoms with Gasteiger partial charge in [0.25, 0.3) is 0 Å². The fourth-order valence-electron chi connectivity index (χ4n) is 2.96. The van der Waals surface area contributed by atoms with Gasteiger partial charge in [0.15, 0.2) is 0 Å². The molecule has 0 radical (unpaired) electrons. The molecule has 1 aromatic carbocycles. The Balaban J connectivity index is 1.95. The zero-order chi connectivity index (χ0) is 16.8. The van der Waals surface area contributed by atoms with Gasteiger partial charge in [0.2, 0.25) is 5.91 Å². The number of halogens is 1. The highest BCUT2D eigenvalue weighted by atomic mass is 19.1. The minimum absolute atomic E-state index is 0.0281. The highest BCUT2D eigenvalue weighted by molar-refractivity contribution is 5.76. The lowest BCUT2D eigenvalue weighted by Gasteiger charge is -2.25. The molecule has 1 fully saturated rings. The van der Waals surface area contributed by atoms with Crippen LogP contribution in [0.25, 0.3) is 0 Å². The molecule has 1 aromatic rings. The molecule has 1 saturated heterocycles. The fourth-order valence-corrected chi connectivity index (χ4v) is 2.96. The van der Waals surface area contributed by atoms with Gasteiger partial charge < -0.3 is 10.0 Å². The molecule has 5 nitrogen and oxygen atoms in total. The van der Waals surface area contributed by atoms with Crippen molar-refractivity contribution in [1.29, 1.82) is 5.26 Å². The third kappa shape index (κ3) is 4.75. The van der Waals surface area contributed by atoms with Crippen LogP contribution in [0.15, 0.2) is 24.3 Å². The molecule has 1 N–H and O–H groups in total. The van der Waals surface area contributed by atoms with E-state index in [4.69, 9.17) is 5.26 Å². The van der Waals surface area contributed by atoms with Crippen molar-refractivity contribution in [3.8, 4) is 6.07 Å². The van der Waals surface area contributed by atoms with Crippen LogP contribution >= 0.6 is 0 Å². The van der Waals surface area contributed by atoms with E-state index in [1.54, 1.807) is 18.0 Å². The van der Waals surface area contributed by atoms with Crippen molar-refractivity contribution in [2.75, 3.05) is 26.7 Å². The number of rotatable bonds is 6. The van der Waals surface area contributed by atoms with Crippen molar-refractivity contribution >= 4 is 5.91 Å². The van der Waals surface area contributed by atoms with Crippen LogP contribution in [-0.2, 0) is 4.79 Å². The largest absolute Gasteiger partial charge is 0.392 e. The molecule has 1 aliphatic rings. The summed E-state index contributed by atoms with van der Waals surface area (Å²) in [5, 5.41) is 18.5. The number of aliphatic hydroxyl groups excluding tert-OH is 1. The van der Waals surface area contributed by atoms with Gasteiger partial charge in [0.1, 0.15) is 5.82 Å². The molecule has 0 bridgehead atoms. The standard InChI is InChI=1S/C17H22FN3O2/c1-20(8-3-7-19)17(23)6-9-21-12-15(22)11-16(21)13-4-2-5-14(18)10-13/h2,4-5,10,15-16,22H,3,6,8-9,11-12H2,1H3/t15-,16+/m1/s1. The summed E-state index contributed by atoms with van der Waals surface area (Å²) < 4.78 is 13.4. The molecular formula is C17H22FN3O2. The minimum Gasteiger partial charge on any atom is -0.392 e. The fraction of sp³-hybridized carbons (Fsp3) is 0.529. The highest BCUT2D eigenvalue weighted by Crippen LogP contribution is 2.32. The molecule has 1 aliphatic heterocycles. The van der Waals surface area contributed by atoms with E-state index in [0.29, 0.717) is 38.9 Å². The lowest BCUT2D eigenvalue weighted by atomic mass is 10.0. The van der Waals surface area contributed by atoms with Gasteiger partial charge in [-0.1, -0.05) is 12.1 Å². The molecular weight excluding hydrogens is 297 g/mol. The van der Waals surface area contributed by atoms with Gasteiger partial charge in [-0.05, 0) is 24.1 Å². The molecule has 1 amide bonds. The lowest BCUT2D eigenvalue weighted by molar-refractivity contribution is -0.130. The zero-order valence-corrected chi connectivity index (χ0v) is 13.3. The van der Waals surface area contributed by atoms with Gasteiger partial charge in [-0.15, -0.1) is 0 Å². The van der Waals surface area contributed by atoms with Gasteiger partial charge >= 0.3 is 0 Å². The Bertz CT molecular complexity index is 587. The average Bonchev–Trinajstić information content (AvgIpc) is 2.91. The van der Waals surface area contributed by atoms with E-state index in [2.05, 4.69) is 0 Å².